The number of sulfonamides is 1. The molecule has 0 aliphatic carbocycles. The van der Waals surface area contributed by atoms with Crippen LogP contribution in [0.1, 0.15) is 12.8 Å². The molecule has 2 aromatic carbocycles. The predicted octanol–water partition coefficient (Wildman–Crippen LogP) is 3.64. The zero-order chi connectivity index (χ0) is 22.6. The van der Waals surface area contributed by atoms with E-state index < -0.39 is 10.0 Å². The van der Waals surface area contributed by atoms with E-state index in [0.717, 1.165) is 31.6 Å². The Kier molecular flexibility index (Phi) is 6.31. The van der Waals surface area contributed by atoms with Crippen LogP contribution in [-0.4, -0.2) is 45.7 Å². The van der Waals surface area contributed by atoms with Crippen molar-refractivity contribution in [3.63, 3.8) is 0 Å². The van der Waals surface area contributed by atoms with Gasteiger partial charge in [-0.05, 0) is 55.3 Å². The molecule has 1 aromatic heterocycles. The van der Waals surface area contributed by atoms with Crippen LogP contribution in [0.5, 0.6) is 11.5 Å². The van der Waals surface area contributed by atoms with Crippen molar-refractivity contribution in [2.24, 2.45) is 0 Å². The fraction of sp³-hybridized carbons (Fsp3) is 0.273. The van der Waals surface area contributed by atoms with Crippen molar-refractivity contribution < 1.29 is 17.9 Å². The molecule has 168 valence electrons. The van der Waals surface area contributed by atoms with Crippen LogP contribution in [0.4, 0.5) is 23.1 Å². The van der Waals surface area contributed by atoms with Crippen molar-refractivity contribution in [3.05, 3.63) is 54.7 Å². The number of hydrogen-bond acceptors (Lipinski definition) is 8. The lowest BCUT2D eigenvalue weighted by molar-refractivity contribution is 0.386. The number of anilines is 4. The smallest absolute Gasteiger partial charge is 0.265 e. The Morgan fingerprint density at radius 3 is 2.34 bits per heavy atom. The summed E-state index contributed by atoms with van der Waals surface area (Å²) >= 11 is 0. The highest BCUT2D eigenvalue weighted by Crippen LogP contribution is 2.30. The largest absolute Gasteiger partial charge is 0.497 e. The van der Waals surface area contributed by atoms with Crippen molar-refractivity contribution >= 4 is 33.2 Å². The number of nitrogens with zero attached hydrogens (tertiary/aromatic N) is 3. The monoisotopic (exact) mass is 455 g/mol. The molecule has 1 fully saturated rings. The summed E-state index contributed by atoms with van der Waals surface area (Å²) in [6.07, 6.45) is 4.04. The lowest BCUT2D eigenvalue weighted by atomic mass is 10.3. The average molecular weight is 456 g/mol. The summed E-state index contributed by atoms with van der Waals surface area (Å²) in [5.41, 5.74) is 1.20. The molecule has 1 aliphatic rings. The van der Waals surface area contributed by atoms with E-state index in [1.165, 1.54) is 26.4 Å². The van der Waals surface area contributed by atoms with E-state index in [-0.39, 0.29) is 10.6 Å². The SMILES string of the molecule is COc1ccc(S(=O)(=O)Nc2ccc(Nc3ccnc(N4CCCC4)n3)cc2)c(OC)c1. The van der Waals surface area contributed by atoms with Crippen LogP contribution in [-0.2, 0) is 10.0 Å². The number of methoxy groups -OCH3 is 2. The molecular formula is C22H25N5O4S. The summed E-state index contributed by atoms with van der Waals surface area (Å²) in [6, 6.07) is 13.3. The number of ether oxygens (including phenoxy) is 2. The molecule has 10 heteroatoms. The summed E-state index contributed by atoms with van der Waals surface area (Å²) in [5, 5.41) is 3.23. The standard InChI is InChI=1S/C22H25N5O4S/c1-30-18-9-10-20(19(15-18)31-2)32(28,29)26-17-7-5-16(6-8-17)24-21-11-12-23-22(25-21)27-13-3-4-14-27/h5-12,15,26H,3-4,13-14H2,1-2H3,(H,23,24,25). The summed E-state index contributed by atoms with van der Waals surface area (Å²) in [7, 11) is -0.926. The third-order valence-corrected chi connectivity index (χ3v) is 6.52. The van der Waals surface area contributed by atoms with Gasteiger partial charge in [0.2, 0.25) is 5.95 Å². The number of aromatic nitrogens is 2. The topological polar surface area (TPSA) is 106 Å². The Morgan fingerprint density at radius 1 is 0.938 bits per heavy atom. The molecule has 4 rings (SSSR count). The maximum Gasteiger partial charge on any atom is 0.265 e. The normalized spacial score (nSPS) is 13.6. The van der Waals surface area contributed by atoms with E-state index in [1.807, 2.05) is 0 Å². The van der Waals surface area contributed by atoms with Crippen LogP contribution in [0.25, 0.3) is 0 Å². The lowest BCUT2D eigenvalue weighted by Gasteiger charge is -2.16. The van der Waals surface area contributed by atoms with Crippen molar-refractivity contribution in [1.29, 1.82) is 0 Å². The number of hydrogen-bond donors (Lipinski definition) is 2. The molecule has 1 aliphatic heterocycles. The predicted molar refractivity (Wildman–Crippen MR) is 124 cm³/mol. The Balaban J connectivity index is 1.47. The van der Waals surface area contributed by atoms with Crippen molar-refractivity contribution in [1.82, 2.24) is 9.97 Å². The van der Waals surface area contributed by atoms with Gasteiger partial charge in [-0.1, -0.05) is 0 Å². The Hall–Kier alpha value is -3.53. The lowest BCUT2D eigenvalue weighted by Crippen LogP contribution is -2.20. The van der Waals surface area contributed by atoms with Gasteiger partial charge in [-0.25, -0.2) is 13.4 Å². The third-order valence-electron chi connectivity index (χ3n) is 5.10. The minimum Gasteiger partial charge on any atom is -0.497 e. The van der Waals surface area contributed by atoms with Gasteiger partial charge in [-0.3, -0.25) is 4.72 Å². The summed E-state index contributed by atoms with van der Waals surface area (Å²) in [6.45, 7) is 1.94. The molecule has 0 unspecified atom stereocenters. The molecule has 2 N–H and O–H groups in total. The maximum absolute atomic E-state index is 12.9. The molecule has 9 nitrogen and oxygen atoms in total. The fourth-order valence-electron chi connectivity index (χ4n) is 3.46. The number of rotatable bonds is 8. The van der Waals surface area contributed by atoms with E-state index in [4.69, 9.17) is 9.47 Å². The fourth-order valence-corrected chi connectivity index (χ4v) is 4.67. The first-order chi connectivity index (χ1) is 15.5. The van der Waals surface area contributed by atoms with Gasteiger partial charge in [-0.2, -0.15) is 4.98 Å². The number of benzene rings is 2. The van der Waals surface area contributed by atoms with E-state index >= 15 is 0 Å². The quantitative estimate of drug-likeness (QED) is 0.530. The van der Waals surface area contributed by atoms with Crippen LogP contribution in [0.3, 0.4) is 0 Å². The van der Waals surface area contributed by atoms with Gasteiger partial charge in [-0.15, -0.1) is 0 Å². The highest BCUT2D eigenvalue weighted by atomic mass is 32.2. The molecule has 0 atom stereocenters. The number of nitrogens with one attached hydrogen (secondary N) is 2. The second kappa shape index (κ2) is 9.31. The van der Waals surface area contributed by atoms with E-state index in [1.54, 1.807) is 42.6 Å². The first-order valence-corrected chi connectivity index (χ1v) is 11.7. The van der Waals surface area contributed by atoms with Gasteiger partial charge in [0.15, 0.2) is 0 Å². The Bertz CT molecular complexity index is 1180. The van der Waals surface area contributed by atoms with Gasteiger partial charge in [0, 0.05) is 36.7 Å². The highest BCUT2D eigenvalue weighted by Gasteiger charge is 2.20. The molecular weight excluding hydrogens is 430 g/mol. The third kappa shape index (κ3) is 4.86. The molecule has 1 saturated heterocycles. The Morgan fingerprint density at radius 2 is 1.66 bits per heavy atom. The van der Waals surface area contributed by atoms with Crippen molar-refractivity contribution in [2.75, 3.05) is 42.2 Å². The maximum atomic E-state index is 12.9. The second-order valence-corrected chi connectivity index (χ2v) is 8.91. The van der Waals surface area contributed by atoms with Crippen molar-refractivity contribution in [2.45, 2.75) is 17.7 Å². The first kappa shape index (κ1) is 21.7. The molecule has 0 saturated carbocycles. The molecule has 0 bridgehead atoms. The van der Waals surface area contributed by atoms with Crippen LogP contribution < -0.4 is 24.4 Å². The van der Waals surface area contributed by atoms with Gasteiger partial charge in [0.1, 0.15) is 22.2 Å². The van der Waals surface area contributed by atoms with Crippen LogP contribution in [0.15, 0.2) is 59.6 Å². The van der Waals surface area contributed by atoms with E-state index in [2.05, 4.69) is 24.9 Å². The van der Waals surface area contributed by atoms with Gasteiger partial charge >= 0.3 is 0 Å². The van der Waals surface area contributed by atoms with Crippen LogP contribution in [0, 0.1) is 0 Å². The summed E-state index contributed by atoms with van der Waals surface area (Å²) in [4.78, 5) is 11.1. The molecule has 0 spiro atoms. The summed E-state index contributed by atoms with van der Waals surface area (Å²) in [5.74, 6) is 2.10. The first-order valence-electron chi connectivity index (χ1n) is 10.2. The van der Waals surface area contributed by atoms with Gasteiger partial charge in [0.25, 0.3) is 10.0 Å². The average Bonchev–Trinajstić information content (AvgIpc) is 3.35. The van der Waals surface area contributed by atoms with Crippen LogP contribution >= 0.6 is 0 Å². The van der Waals surface area contributed by atoms with Gasteiger partial charge in [0.05, 0.1) is 14.2 Å². The molecule has 0 amide bonds. The molecule has 3 aromatic rings. The van der Waals surface area contributed by atoms with Crippen molar-refractivity contribution in [3.8, 4) is 11.5 Å². The minimum atomic E-state index is -3.84. The highest BCUT2D eigenvalue weighted by molar-refractivity contribution is 7.92. The molecule has 2 heterocycles. The second-order valence-electron chi connectivity index (χ2n) is 7.26. The van der Waals surface area contributed by atoms with Gasteiger partial charge < -0.3 is 19.7 Å². The zero-order valence-corrected chi connectivity index (χ0v) is 18.7. The minimum absolute atomic E-state index is 0.0263. The zero-order valence-electron chi connectivity index (χ0n) is 17.9. The van der Waals surface area contributed by atoms with E-state index in [9.17, 15) is 8.42 Å². The Labute approximate surface area is 187 Å². The molecule has 32 heavy (non-hydrogen) atoms. The summed E-state index contributed by atoms with van der Waals surface area (Å²) < 4.78 is 38.6. The molecule has 0 radical (unpaired) electrons. The van der Waals surface area contributed by atoms with E-state index in [0.29, 0.717) is 23.2 Å². The van der Waals surface area contributed by atoms with Crippen LogP contribution in [0.2, 0.25) is 0 Å².